The van der Waals surface area contributed by atoms with E-state index in [1.807, 2.05) is 18.2 Å². The van der Waals surface area contributed by atoms with Gasteiger partial charge in [0.25, 0.3) is 0 Å². The highest BCUT2D eigenvalue weighted by atomic mass is 32.2. The average molecular weight is 222 g/mol. The lowest BCUT2D eigenvalue weighted by molar-refractivity contribution is 0.426. The Morgan fingerprint density at radius 1 is 1.36 bits per heavy atom. The zero-order valence-corrected chi connectivity index (χ0v) is 9.45. The lowest BCUT2D eigenvalue weighted by Crippen LogP contribution is -1.95. The number of thioether (sulfide) groups is 1. The van der Waals surface area contributed by atoms with Crippen LogP contribution < -0.4 is 0 Å². The van der Waals surface area contributed by atoms with E-state index in [2.05, 4.69) is 18.7 Å². The van der Waals surface area contributed by atoms with Gasteiger partial charge in [0, 0.05) is 7.11 Å². The van der Waals surface area contributed by atoms with Gasteiger partial charge in [-0.1, -0.05) is 11.6 Å². The molecule has 0 radical (unpaired) electrons. The molecule has 0 fully saturated rings. The van der Waals surface area contributed by atoms with Gasteiger partial charge in [-0.15, -0.1) is 30.8 Å². The Bertz CT molecular complexity index is 370. The molecule has 0 spiro atoms. The number of ether oxygens (including phenoxy) is 1. The van der Waals surface area contributed by atoms with E-state index in [-0.39, 0.29) is 0 Å². The number of hydrogen-bond donors (Lipinski definition) is 0. The Balaban J connectivity index is 2.28. The van der Waals surface area contributed by atoms with Crippen LogP contribution >= 0.6 is 11.8 Å². The molecule has 0 amide bonds. The summed E-state index contributed by atoms with van der Waals surface area (Å²) in [6.45, 7) is 4.01. The molecule has 0 N–H and O–H groups in total. The number of hydrogen-bond acceptors (Lipinski definition) is 2. The first kappa shape index (κ1) is 9.77. The molecular formula is C11H10OS2. The van der Waals surface area contributed by atoms with Crippen molar-refractivity contribution in [3.63, 3.8) is 0 Å². The molecule has 0 aromatic heterocycles. The third-order valence-electron chi connectivity index (χ3n) is 1.85. The quantitative estimate of drug-likeness (QED) is 0.410. The Morgan fingerprint density at radius 3 is 2.64 bits per heavy atom. The van der Waals surface area contributed by atoms with Crippen LogP contribution in [0.4, 0.5) is 0 Å². The Hall–Kier alpha value is -0.770. The van der Waals surface area contributed by atoms with E-state index in [9.17, 15) is 0 Å². The molecule has 0 atom stereocenters. The van der Waals surface area contributed by atoms with Gasteiger partial charge in [-0.3, -0.25) is 4.74 Å². The fourth-order valence-corrected chi connectivity index (χ4v) is 3.28. The summed E-state index contributed by atoms with van der Waals surface area (Å²) in [5.74, 6) is 0. The third-order valence-corrected chi connectivity index (χ3v) is 4.28. The van der Waals surface area contributed by atoms with E-state index in [4.69, 9.17) is 4.74 Å². The zero-order chi connectivity index (χ0) is 9.97. The maximum absolute atomic E-state index is 5.19. The molecule has 1 aromatic rings. The molecule has 1 aliphatic rings. The molecule has 0 unspecified atom stereocenters. The molecule has 1 aromatic carbocycles. The SMILES string of the molecule is C=C1SC(OC)=[S+][C-]1c1ccccc1. The van der Waals surface area contributed by atoms with Crippen molar-refractivity contribution >= 4 is 27.5 Å². The van der Waals surface area contributed by atoms with E-state index < -0.39 is 0 Å². The molecule has 3 heteroatoms. The van der Waals surface area contributed by atoms with Gasteiger partial charge in [-0.05, 0) is 16.7 Å². The highest BCUT2D eigenvalue weighted by Crippen LogP contribution is 2.37. The molecule has 1 aliphatic heterocycles. The minimum Gasteiger partial charge on any atom is -0.297 e. The van der Waals surface area contributed by atoms with E-state index in [0.29, 0.717) is 0 Å². The number of rotatable bonds is 1. The normalized spacial score (nSPS) is 15.9. The maximum atomic E-state index is 5.19. The first-order valence-corrected chi connectivity index (χ1v) is 5.83. The first-order valence-electron chi connectivity index (χ1n) is 4.19. The monoisotopic (exact) mass is 222 g/mol. The Morgan fingerprint density at radius 2 is 2.07 bits per heavy atom. The van der Waals surface area contributed by atoms with Crippen molar-refractivity contribution in [2.75, 3.05) is 7.11 Å². The molecule has 14 heavy (non-hydrogen) atoms. The summed E-state index contributed by atoms with van der Waals surface area (Å²) in [6, 6.07) is 10.3. The summed E-state index contributed by atoms with van der Waals surface area (Å²) in [6.07, 6.45) is 0. The van der Waals surface area contributed by atoms with E-state index >= 15 is 0 Å². The van der Waals surface area contributed by atoms with Gasteiger partial charge in [0.1, 0.15) is 0 Å². The fourth-order valence-electron chi connectivity index (χ4n) is 1.20. The van der Waals surface area contributed by atoms with E-state index in [1.165, 1.54) is 10.8 Å². The second kappa shape index (κ2) is 4.17. The largest absolute Gasteiger partial charge is 0.369 e. The van der Waals surface area contributed by atoms with Crippen LogP contribution in [0.2, 0.25) is 0 Å². The standard InChI is InChI=1S/C11H10OS2/c1-8-10(14-11(12-2)13-8)9-6-4-3-5-7-9/h3-7H,1H2,2H3. The topological polar surface area (TPSA) is 9.23 Å². The second-order valence-electron chi connectivity index (χ2n) is 2.78. The lowest BCUT2D eigenvalue weighted by Gasteiger charge is -2.05. The number of benzene rings is 1. The summed E-state index contributed by atoms with van der Waals surface area (Å²) < 4.78 is 6.15. The fraction of sp³-hybridized carbons (Fsp3) is 0.0909. The predicted octanol–water partition coefficient (Wildman–Crippen LogP) is 2.64. The summed E-state index contributed by atoms with van der Waals surface area (Å²) in [4.78, 5) is 1.07. The molecule has 1 heterocycles. The van der Waals surface area contributed by atoms with Crippen LogP contribution in [0, 0.1) is 5.25 Å². The highest BCUT2D eigenvalue weighted by molar-refractivity contribution is 8.28. The van der Waals surface area contributed by atoms with Gasteiger partial charge in [0.2, 0.25) is 11.4 Å². The Labute approximate surface area is 92.1 Å². The summed E-state index contributed by atoms with van der Waals surface area (Å²) >= 11 is 3.24. The van der Waals surface area contributed by atoms with Crippen LogP contribution in [-0.2, 0) is 16.1 Å². The second-order valence-corrected chi connectivity index (χ2v) is 5.09. The van der Waals surface area contributed by atoms with Crippen LogP contribution in [-0.4, -0.2) is 11.5 Å². The first-order chi connectivity index (χ1) is 6.81. The maximum Gasteiger partial charge on any atom is 0.369 e. The lowest BCUT2D eigenvalue weighted by atomic mass is 10.1. The molecule has 72 valence electrons. The number of methoxy groups -OCH3 is 1. The Kier molecular flexibility index (Phi) is 2.91. The van der Waals surface area contributed by atoms with Crippen LogP contribution in [0.25, 0.3) is 0 Å². The van der Waals surface area contributed by atoms with E-state index in [1.54, 1.807) is 30.2 Å². The minimum absolute atomic E-state index is 0.953. The van der Waals surface area contributed by atoms with Crippen LogP contribution in [0.5, 0.6) is 0 Å². The smallest absolute Gasteiger partial charge is 0.297 e. The van der Waals surface area contributed by atoms with Gasteiger partial charge < -0.3 is 0 Å². The molecule has 0 bridgehead atoms. The van der Waals surface area contributed by atoms with E-state index in [0.717, 1.165) is 9.29 Å². The van der Waals surface area contributed by atoms with Gasteiger partial charge in [-0.2, -0.15) is 0 Å². The van der Waals surface area contributed by atoms with Gasteiger partial charge >= 0.3 is 4.38 Å². The molecule has 2 rings (SSSR count). The highest BCUT2D eigenvalue weighted by Gasteiger charge is 2.32. The van der Waals surface area contributed by atoms with Crippen molar-refractivity contribution in [3.8, 4) is 0 Å². The van der Waals surface area contributed by atoms with Crippen LogP contribution in [0.15, 0.2) is 41.8 Å². The van der Waals surface area contributed by atoms with Crippen LogP contribution in [0.1, 0.15) is 5.56 Å². The van der Waals surface area contributed by atoms with Gasteiger partial charge in [0.15, 0.2) is 5.25 Å². The predicted molar refractivity (Wildman–Crippen MR) is 64.9 cm³/mol. The van der Waals surface area contributed by atoms with Crippen molar-refractivity contribution in [1.29, 1.82) is 0 Å². The van der Waals surface area contributed by atoms with Gasteiger partial charge in [-0.25, -0.2) is 0 Å². The minimum atomic E-state index is 0.953. The van der Waals surface area contributed by atoms with Crippen molar-refractivity contribution in [2.24, 2.45) is 0 Å². The molecule has 0 saturated heterocycles. The van der Waals surface area contributed by atoms with Crippen molar-refractivity contribution < 1.29 is 4.74 Å². The van der Waals surface area contributed by atoms with Crippen molar-refractivity contribution in [1.82, 2.24) is 0 Å². The van der Waals surface area contributed by atoms with Crippen molar-refractivity contribution in [2.45, 2.75) is 0 Å². The summed E-state index contributed by atoms with van der Waals surface area (Å²) in [5, 5.41) is 1.20. The third kappa shape index (κ3) is 1.85. The summed E-state index contributed by atoms with van der Waals surface area (Å²) in [5.41, 5.74) is 1.21. The molecule has 0 aliphatic carbocycles. The van der Waals surface area contributed by atoms with Crippen LogP contribution in [0.3, 0.4) is 0 Å². The summed E-state index contributed by atoms with van der Waals surface area (Å²) in [7, 11) is 1.69. The molecule has 1 nitrogen and oxygen atoms in total. The zero-order valence-electron chi connectivity index (χ0n) is 7.82. The molecular weight excluding hydrogens is 212 g/mol. The molecule has 0 saturated carbocycles. The van der Waals surface area contributed by atoms with Crippen molar-refractivity contribution in [3.05, 3.63) is 52.6 Å². The average Bonchev–Trinajstić information content (AvgIpc) is 2.61. The van der Waals surface area contributed by atoms with Gasteiger partial charge in [0.05, 0.1) is 0 Å².